The predicted octanol–water partition coefficient (Wildman–Crippen LogP) is 3.01. The first-order chi connectivity index (χ1) is 12.4. The molecule has 0 aromatic heterocycles. The molecule has 0 bridgehead atoms. The summed E-state index contributed by atoms with van der Waals surface area (Å²) in [6, 6.07) is 9.54. The number of benzene rings is 2. The molecule has 1 heterocycles. The van der Waals surface area contributed by atoms with Gasteiger partial charge in [0.15, 0.2) is 0 Å². The Bertz CT molecular complexity index is 913. The van der Waals surface area contributed by atoms with E-state index in [-0.39, 0.29) is 11.3 Å². The molecule has 0 aliphatic carbocycles. The fourth-order valence-electron chi connectivity index (χ4n) is 3.18. The van der Waals surface area contributed by atoms with Gasteiger partial charge in [-0.15, -0.1) is 11.8 Å². The number of carbonyl (C=O) groups is 2. The number of hydrogen-bond acceptors (Lipinski definition) is 5. The first kappa shape index (κ1) is 17.9. The maximum Gasteiger partial charge on any atom is 0.282 e. The minimum Gasteiger partial charge on any atom is -0.366 e. The summed E-state index contributed by atoms with van der Waals surface area (Å²) in [4.78, 5) is 37.9. The molecule has 0 saturated carbocycles. The Morgan fingerprint density at radius 3 is 2.65 bits per heavy atom. The normalized spacial score (nSPS) is 13.2. The van der Waals surface area contributed by atoms with Crippen molar-refractivity contribution in [2.45, 2.75) is 17.7 Å². The van der Waals surface area contributed by atoms with Crippen LogP contribution in [-0.2, 0) is 6.42 Å². The molecule has 2 aromatic rings. The van der Waals surface area contributed by atoms with Crippen molar-refractivity contribution in [1.82, 2.24) is 0 Å². The van der Waals surface area contributed by atoms with Gasteiger partial charge in [0.25, 0.3) is 11.6 Å². The first-order valence-corrected chi connectivity index (χ1v) is 9.22. The third-order valence-electron chi connectivity index (χ3n) is 4.39. The minimum absolute atomic E-state index is 0.0409. The monoisotopic (exact) mass is 371 g/mol. The summed E-state index contributed by atoms with van der Waals surface area (Å²) < 4.78 is 0. The van der Waals surface area contributed by atoms with Crippen LogP contribution in [0.15, 0.2) is 41.3 Å². The maximum absolute atomic E-state index is 13.1. The molecule has 1 aliphatic heterocycles. The second-order valence-corrected chi connectivity index (χ2v) is 6.75. The van der Waals surface area contributed by atoms with Crippen LogP contribution in [0.1, 0.15) is 32.7 Å². The Balaban J connectivity index is 2.10. The van der Waals surface area contributed by atoms with Gasteiger partial charge >= 0.3 is 0 Å². The van der Waals surface area contributed by atoms with Gasteiger partial charge in [-0.25, -0.2) is 0 Å². The Hall–Kier alpha value is -2.87. The van der Waals surface area contributed by atoms with Crippen molar-refractivity contribution in [3.05, 3.63) is 63.2 Å². The number of rotatable bonds is 4. The van der Waals surface area contributed by atoms with E-state index in [9.17, 15) is 19.7 Å². The van der Waals surface area contributed by atoms with E-state index in [2.05, 4.69) is 0 Å². The van der Waals surface area contributed by atoms with E-state index >= 15 is 0 Å². The second-order valence-electron chi connectivity index (χ2n) is 5.87. The van der Waals surface area contributed by atoms with E-state index < -0.39 is 16.7 Å². The molecule has 1 aliphatic rings. The molecule has 3 rings (SSSR count). The van der Waals surface area contributed by atoms with Gasteiger partial charge in [0.05, 0.1) is 4.92 Å². The number of nitrogens with two attached hydrogens (primary N) is 1. The number of primary amides is 1. The molecule has 0 unspecified atom stereocenters. The van der Waals surface area contributed by atoms with Gasteiger partial charge in [0.1, 0.15) is 5.56 Å². The Labute approximate surface area is 154 Å². The molecule has 0 fully saturated rings. The van der Waals surface area contributed by atoms with Gasteiger partial charge in [-0.2, -0.15) is 0 Å². The van der Waals surface area contributed by atoms with Crippen LogP contribution in [0.25, 0.3) is 0 Å². The standard InChI is InChI=1S/C18H17N3O4S/c1-26-11-7-8-16(21(24)25)14(10-11)18(23)20-9-3-5-12-13(17(19)22)4-2-6-15(12)20/h2,4,6-8,10H,3,5,9H2,1H3,(H2,19,22). The summed E-state index contributed by atoms with van der Waals surface area (Å²) in [5, 5.41) is 11.4. The minimum atomic E-state index is -0.554. The lowest BCUT2D eigenvalue weighted by molar-refractivity contribution is -0.385. The molecule has 0 spiro atoms. The van der Waals surface area contributed by atoms with Crippen molar-refractivity contribution in [3.63, 3.8) is 0 Å². The van der Waals surface area contributed by atoms with Gasteiger partial charge in [0, 0.05) is 28.8 Å². The van der Waals surface area contributed by atoms with Crippen LogP contribution >= 0.6 is 11.8 Å². The number of fused-ring (bicyclic) bond motifs is 1. The van der Waals surface area contributed by atoms with Crippen LogP contribution in [0.3, 0.4) is 0 Å². The maximum atomic E-state index is 13.1. The van der Waals surface area contributed by atoms with Gasteiger partial charge in [-0.1, -0.05) is 6.07 Å². The van der Waals surface area contributed by atoms with E-state index in [1.54, 1.807) is 24.3 Å². The highest BCUT2D eigenvalue weighted by molar-refractivity contribution is 7.98. The average Bonchev–Trinajstić information content (AvgIpc) is 2.65. The van der Waals surface area contributed by atoms with Crippen LogP contribution in [0.5, 0.6) is 0 Å². The molecule has 134 valence electrons. The number of hydrogen-bond donors (Lipinski definition) is 1. The van der Waals surface area contributed by atoms with Crippen molar-refractivity contribution < 1.29 is 14.5 Å². The highest BCUT2D eigenvalue weighted by Crippen LogP contribution is 2.33. The Morgan fingerprint density at radius 1 is 1.23 bits per heavy atom. The first-order valence-electron chi connectivity index (χ1n) is 8.00. The fraction of sp³-hybridized carbons (Fsp3) is 0.222. The molecule has 2 amide bonds. The predicted molar refractivity (Wildman–Crippen MR) is 99.8 cm³/mol. The molecule has 0 radical (unpaired) electrons. The van der Waals surface area contributed by atoms with E-state index in [1.807, 2.05) is 6.26 Å². The number of nitrogens with zero attached hydrogens (tertiary/aromatic N) is 2. The number of nitro benzene ring substituents is 1. The van der Waals surface area contributed by atoms with E-state index in [4.69, 9.17) is 5.73 Å². The number of anilines is 1. The van der Waals surface area contributed by atoms with Gasteiger partial charge in [-0.3, -0.25) is 19.7 Å². The molecule has 26 heavy (non-hydrogen) atoms. The summed E-state index contributed by atoms with van der Waals surface area (Å²) in [5.74, 6) is -0.998. The SMILES string of the molecule is CSc1ccc([N+](=O)[O-])c(C(=O)N2CCCc3c(C(N)=O)cccc32)c1. The van der Waals surface area contributed by atoms with Crippen LogP contribution < -0.4 is 10.6 Å². The Morgan fingerprint density at radius 2 is 2.00 bits per heavy atom. The smallest absolute Gasteiger partial charge is 0.282 e. The zero-order valence-electron chi connectivity index (χ0n) is 14.1. The highest BCUT2D eigenvalue weighted by atomic mass is 32.2. The molecule has 2 N–H and O–H groups in total. The largest absolute Gasteiger partial charge is 0.366 e. The van der Waals surface area contributed by atoms with Crippen molar-refractivity contribution in [1.29, 1.82) is 0 Å². The summed E-state index contributed by atoms with van der Waals surface area (Å²) in [7, 11) is 0. The zero-order chi connectivity index (χ0) is 18.8. The van der Waals surface area contributed by atoms with Crippen LogP contribution in [0, 0.1) is 10.1 Å². The lowest BCUT2D eigenvalue weighted by atomic mass is 9.95. The molecule has 2 aromatic carbocycles. The van der Waals surface area contributed by atoms with Crippen molar-refractivity contribution in [2.75, 3.05) is 17.7 Å². The number of carbonyl (C=O) groups excluding carboxylic acids is 2. The Kier molecular flexibility index (Phi) is 4.94. The van der Waals surface area contributed by atoms with Gasteiger partial charge in [-0.05, 0) is 48.9 Å². The summed E-state index contributed by atoms with van der Waals surface area (Å²) in [6.07, 6.45) is 3.12. The zero-order valence-corrected chi connectivity index (χ0v) is 14.9. The van der Waals surface area contributed by atoms with Crippen LogP contribution in [0.2, 0.25) is 0 Å². The van der Waals surface area contributed by atoms with Crippen molar-refractivity contribution in [3.8, 4) is 0 Å². The van der Waals surface area contributed by atoms with E-state index in [0.29, 0.717) is 36.2 Å². The van der Waals surface area contributed by atoms with Crippen molar-refractivity contribution in [2.24, 2.45) is 5.73 Å². The summed E-state index contributed by atoms with van der Waals surface area (Å²) in [5.41, 5.74) is 6.93. The second kappa shape index (κ2) is 7.17. The number of nitro groups is 1. The van der Waals surface area contributed by atoms with Crippen LogP contribution in [0.4, 0.5) is 11.4 Å². The lowest BCUT2D eigenvalue weighted by Gasteiger charge is -2.30. The van der Waals surface area contributed by atoms with E-state index in [1.165, 1.54) is 28.8 Å². The van der Waals surface area contributed by atoms with E-state index in [0.717, 1.165) is 4.90 Å². The molecule has 8 heteroatoms. The molecular formula is C18H17N3O4S. The van der Waals surface area contributed by atoms with Gasteiger partial charge in [0.2, 0.25) is 5.91 Å². The molecule has 0 saturated heterocycles. The van der Waals surface area contributed by atoms with Crippen LogP contribution in [-0.4, -0.2) is 29.5 Å². The molecule has 0 atom stereocenters. The highest BCUT2D eigenvalue weighted by Gasteiger charge is 2.30. The third kappa shape index (κ3) is 3.15. The number of thioether (sulfide) groups is 1. The van der Waals surface area contributed by atoms with Gasteiger partial charge < -0.3 is 10.6 Å². The number of amides is 2. The molecular weight excluding hydrogens is 354 g/mol. The topological polar surface area (TPSA) is 107 Å². The van der Waals surface area contributed by atoms with Crippen molar-refractivity contribution >= 4 is 35.0 Å². The molecule has 7 nitrogen and oxygen atoms in total. The summed E-state index contributed by atoms with van der Waals surface area (Å²) in [6.45, 7) is 0.425. The lowest BCUT2D eigenvalue weighted by Crippen LogP contribution is -2.36. The quantitative estimate of drug-likeness (QED) is 0.505. The fourth-order valence-corrected chi connectivity index (χ4v) is 3.62. The summed E-state index contributed by atoms with van der Waals surface area (Å²) >= 11 is 1.40. The average molecular weight is 371 g/mol. The third-order valence-corrected chi connectivity index (χ3v) is 5.12.